The minimum Gasteiger partial charge on any atom is -0.393 e. The summed E-state index contributed by atoms with van der Waals surface area (Å²) in [6.45, 7) is 2.78. The second-order valence-corrected chi connectivity index (χ2v) is 4.84. The molecule has 0 aromatic carbocycles. The number of aliphatic hydroxyl groups excluding tert-OH is 1. The van der Waals surface area contributed by atoms with Gasteiger partial charge in [0, 0.05) is 18.0 Å². The van der Waals surface area contributed by atoms with E-state index in [2.05, 4.69) is 15.3 Å². The highest BCUT2D eigenvalue weighted by molar-refractivity contribution is 6.30. The topological polar surface area (TPSA) is 58.0 Å². The zero-order valence-electron chi connectivity index (χ0n) is 9.99. The molecule has 0 bridgehead atoms. The smallest absolute Gasteiger partial charge is 0.137 e. The summed E-state index contributed by atoms with van der Waals surface area (Å²) in [5.74, 6) is 1.13. The first-order valence-corrected chi connectivity index (χ1v) is 6.51. The number of nitrogens with one attached hydrogen (secondary N) is 1. The van der Waals surface area contributed by atoms with Crippen molar-refractivity contribution in [3.63, 3.8) is 0 Å². The van der Waals surface area contributed by atoms with Crippen LogP contribution >= 0.6 is 11.6 Å². The van der Waals surface area contributed by atoms with Gasteiger partial charge in [-0.05, 0) is 19.3 Å². The van der Waals surface area contributed by atoms with Crippen molar-refractivity contribution < 1.29 is 5.11 Å². The van der Waals surface area contributed by atoms with E-state index in [-0.39, 0.29) is 6.10 Å². The van der Waals surface area contributed by atoms with Crippen molar-refractivity contribution in [2.75, 3.05) is 11.9 Å². The van der Waals surface area contributed by atoms with Gasteiger partial charge in [-0.15, -0.1) is 0 Å². The monoisotopic (exact) mass is 255 g/mol. The molecule has 0 amide bonds. The summed E-state index contributed by atoms with van der Waals surface area (Å²) in [7, 11) is 0. The van der Waals surface area contributed by atoms with Gasteiger partial charge in [-0.3, -0.25) is 0 Å². The van der Waals surface area contributed by atoms with Gasteiger partial charge in [0.2, 0.25) is 0 Å². The van der Waals surface area contributed by atoms with E-state index >= 15 is 0 Å². The van der Waals surface area contributed by atoms with Crippen molar-refractivity contribution in [1.29, 1.82) is 0 Å². The Morgan fingerprint density at radius 2 is 2.29 bits per heavy atom. The van der Waals surface area contributed by atoms with Crippen LogP contribution in [0.1, 0.15) is 31.7 Å². The van der Waals surface area contributed by atoms with Crippen LogP contribution in [0.25, 0.3) is 0 Å². The maximum absolute atomic E-state index is 9.75. The lowest BCUT2D eigenvalue weighted by atomic mass is 10.1. The number of aliphatic hydroxyl groups is 1. The Labute approximate surface area is 106 Å². The molecule has 2 atom stereocenters. The zero-order valence-corrected chi connectivity index (χ0v) is 10.7. The normalized spacial score (nSPS) is 23.9. The molecule has 2 N–H and O–H groups in total. The Bertz CT molecular complexity index is 386. The fourth-order valence-corrected chi connectivity index (χ4v) is 2.61. The minimum atomic E-state index is -0.176. The average Bonchev–Trinajstić information content (AvgIpc) is 2.72. The van der Waals surface area contributed by atoms with E-state index in [0.717, 1.165) is 43.6 Å². The quantitative estimate of drug-likeness (QED) is 0.811. The molecule has 1 fully saturated rings. The molecule has 0 spiro atoms. The van der Waals surface area contributed by atoms with E-state index in [1.165, 1.54) is 6.33 Å². The molecule has 94 valence electrons. The molecule has 4 nitrogen and oxygen atoms in total. The second kappa shape index (κ2) is 5.65. The van der Waals surface area contributed by atoms with Crippen LogP contribution < -0.4 is 5.32 Å². The molecular formula is C12H18ClN3O. The van der Waals surface area contributed by atoms with E-state index in [1.54, 1.807) is 0 Å². The third kappa shape index (κ3) is 2.87. The fourth-order valence-electron chi connectivity index (χ4n) is 2.34. The predicted octanol–water partition coefficient (Wildman–Crippen LogP) is 2.27. The summed E-state index contributed by atoms with van der Waals surface area (Å²) in [4.78, 5) is 8.18. The highest BCUT2D eigenvalue weighted by Gasteiger charge is 2.25. The summed E-state index contributed by atoms with van der Waals surface area (Å²) in [5.41, 5.74) is 0.946. The van der Waals surface area contributed by atoms with Crippen molar-refractivity contribution >= 4 is 17.4 Å². The number of hydrogen-bond acceptors (Lipinski definition) is 4. The Hall–Kier alpha value is -0.870. The van der Waals surface area contributed by atoms with E-state index in [9.17, 15) is 5.11 Å². The van der Waals surface area contributed by atoms with E-state index in [1.807, 2.05) is 6.92 Å². The molecule has 0 aliphatic heterocycles. The van der Waals surface area contributed by atoms with Gasteiger partial charge in [0.05, 0.1) is 6.10 Å². The van der Waals surface area contributed by atoms with Crippen LogP contribution in [0.3, 0.4) is 0 Å². The van der Waals surface area contributed by atoms with E-state index < -0.39 is 0 Å². The molecule has 2 rings (SSSR count). The number of hydrogen-bond donors (Lipinski definition) is 2. The van der Waals surface area contributed by atoms with Crippen molar-refractivity contribution in [1.82, 2.24) is 9.97 Å². The molecule has 1 heterocycles. The lowest BCUT2D eigenvalue weighted by Crippen LogP contribution is -2.22. The van der Waals surface area contributed by atoms with Crippen LogP contribution in [0, 0.1) is 5.92 Å². The molecule has 2 unspecified atom stereocenters. The van der Waals surface area contributed by atoms with Gasteiger partial charge < -0.3 is 10.4 Å². The highest BCUT2D eigenvalue weighted by atomic mass is 35.5. The van der Waals surface area contributed by atoms with Crippen molar-refractivity contribution in [2.24, 2.45) is 5.92 Å². The summed E-state index contributed by atoms with van der Waals surface area (Å²) in [6, 6.07) is 0. The van der Waals surface area contributed by atoms with Crippen LogP contribution in [0.4, 0.5) is 5.82 Å². The highest BCUT2D eigenvalue weighted by Crippen LogP contribution is 2.26. The van der Waals surface area contributed by atoms with Gasteiger partial charge in [0.1, 0.15) is 17.3 Å². The molecule has 1 aliphatic rings. The minimum absolute atomic E-state index is 0.176. The number of halogens is 1. The number of nitrogens with zero attached hydrogens (tertiary/aromatic N) is 2. The Balaban J connectivity index is 2.01. The Morgan fingerprint density at radius 1 is 1.47 bits per heavy atom. The van der Waals surface area contributed by atoms with Crippen molar-refractivity contribution in [2.45, 2.75) is 38.7 Å². The maximum atomic E-state index is 9.75. The van der Waals surface area contributed by atoms with Gasteiger partial charge in [0.25, 0.3) is 0 Å². The van der Waals surface area contributed by atoms with Crippen LogP contribution in [-0.2, 0) is 6.42 Å². The number of aromatic nitrogens is 2. The van der Waals surface area contributed by atoms with E-state index in [4.69, 9.17) is 11.6 Å². The second-order valence-electron chi connectivity index (χ2n) is 4.48. The van der Waals surface area contributed by atoms with Gasteiger partial charge in [-0.25, -0.2) is 9.97 Å². The number of rotatable bonds is 4. The SMILES string of the molecule is CCc1c(Cl)ncnc1NCC1CCCC1O. The van der Waals surface area contributed by atoms with Crippen LogP contribution in [0.15, 0.2) is 6.33 Å². The first-order valence-electron chi connectivity index (χ1n) is 6.13. The van der Waals surface area contributed by atoms with Gasteiger partial charge >= 0.3 is 0 Å². The molecule has 5 heteroatoms. The Kier molecular flexibility index (Phi) is 4.18. The van der Waals surface area contributed by atoms with Crippen molar-refractivity contribution in [3.8, 4) is 0 Å². The lowest BCUT2D eigenvalue weighted by Gasteiger charge is -2.17. The summed E-state index contributed by atoms with van der Waals surface area (Å²) in [6.07, 6.45) is 5.19. The summed E-state index contributed by atoms with van der Waals surface area (Å²) in [5, 5.41) is 13.5. The summed E-state index contributed by atoms with van der Waals surface area (Å²) >= 11 is 6.01. The average molecular weight is 256 g/mol. The third-order valence-corrected chi connectivity index (χ3v) is 3.72. The fraction of sp³-hybridized carbons (Fsp3) is 0.667. The van der Waals surface area contributed by atoms with Crippen LogP contribution in [0.5, 0.6) is 0 Å². The van der Waals surface area contributed by atoms with Gasteiger partial charge in [-0.1, -0.05) is 24.9 Å². The number of anilines is 1. The predicted molar refractivity (Wildman–Crippen MR) is 68.3 cm³/mol. The summed E-state index contributed by atoms with van der Waals surface area (Å²) < 4.78 is 0. The zero-order chi connectivity index (χ0) is 12.3. The van der Waals surface area contributed by atoms with Gasteiger partial charge in [0.15, 0.2) is 0 Å². The standard InChI is InChI=1S/C12H18ClN3O/c1-2-9-11(13)15-7-16-12(9)14-6-8-4-3-5-10(8)17/h7-8,10,17H,2-6H2,1H3,(H,14,15,16). The molecule has 0 radical (unpaired) electrons. The maximum Gasteiger partial charge on any atom is 0.137 e. The molecule has 1 aliphatic carbocycles. The van der Waals surface area contributed by atoms with Gasteiger partial charge in [-0.2, -0.15) is 0 Å². The van der Waals surface area contributed by atoms with E-state index in [0.29, 0.717) is 11.1 Å². The molecule has 17 heavy (non-hydrogen) atoms. The molecule has 1 aromatic heterocycles. The third-order valence-electron chi connectivity index (χ3n) is 3.40. The lowest BCUT2D eigenvalue weighted by molar-refractivity contribution is 0.138. The Morgan fingerprint density at radius 3 is 2.94 bits per heavy atom. The molecule has 1 aromatic rings. The largest absolute Gasteiger partial charge is 0.393 e. The van der Waals surface area contributed by atoms with Crippen LogP contribution in [-0.4, -0.2) is 27.7 Å². The first-order chi connectivity index (χ1) is 8.22. The van der Waals surface area contributed by atoms with Crippen molar-refractivity contribution in [3.05, 3.63) is 17.0 Å². The first kappa shape index (κ1) is 12.6. The molecule has 0 saturated heterocycles. The van der Waals surface area contributed by atoms with Crippen LogP contribution in [0.2, 0.25) is 5.15 Å². The molecular weight excluding hydrogens is 238 g/mol. The molecule has 1 saturated carbocycles.